The molecule has 3 rings (SSSR count). The molecule has 12 heteroatoms. The molecule has 3 N–H and O–H groups in total. The van der Waals surface area contributed by atoms with Crippen LogP contribution in [0, 0.1) is 0 Å². The summed E-state index contributed by atoms with van der Waals surface area (Å²) in [4.78, 5) is 49.4. The van der Waals surface area contributed by atoms with Crippen molar-refractivity contribution in [1.29, 1.82) is 0 Å². The molecule has 0 aliphatic carbocycles. The number of ether oxygens (including phenoxy) is 2. The molecule has 0 spiro atoms. The standard InChI is InChI=1S/C20H14Cl3N3O6/c1-31-15-6-9(5-14(23)17(15)32-8-16(24)27)4-11-18(28)25-20(30)26(19(11)29)10-2-3-12(21)13(22)7-10/h2-7H,8H2,1H3,(H2,24,27)(H,25,28,30)/b11-4+. The topological polar surface area (TPSA) is 128 Å². The van der Waals surface area contributed by atoms with Crippen molar-refractivity contribution in [2.24, 2.45) is 5.73 Å². The van der Waals surface area contributed by atoms with Crippen LogP contribution < -0.4 is 25.4 Å². The Morgan fingerprint density at radius 2 is 1.81 bits per heavy atom. The molecular weight excluding hydrogens is 485 g/mol. The lowest BCUT2D eigenvalue weighted by Crippen LogP contribution is -2.54. The minimum atomic E-state index is -0.943. The Bertz CT molecular complexity index is 1180. The van der Waals surface area contributed by atoms with Gasteiger partial charge < -0.3 is 15.2 Å². The molecule has 0 atom stereocenters. The fourth-order valence-electron chi connectivity index (χ4n) is 2.79. The van der Waals surface area contributed by atoms with E-state index < -0.39 is 30.4 Å². The molecule has 0 unspecified atom stereocenters. The lowest BCUT2D eigenvalue weighted by molar-refractivity contribution is -0.123. The number of hydrogen-bond acceptors (Lipinski definition) is 6. The Hall–Kier alpha value is -3.27. The molecule has 1 aliphatic rings. The van der Waals surface area contributed by atoms with Crippen LogP contribution in [0.4, 0.5) is 10.5 Å². The zero-order valence-electron chi connectivity index (χ0n) is 16.3. The fraction of sp³-hybridized carbons (Fsp3) is 0.100. The van der Waals surface area contributed by atoms with Gasteiger partial charge in [-0.2, -0.15) is 0 Å². The van der Waals surface area contributed by atoms with E-state index in [1.54, 1.807) is 0 Å². The summed E-state index contributed by atoms with van der Waals surface area (Å²) < 4.78 is 10.4. The molecule has 0 bridgehead atoms. The van der Waals surface area contributed by atoms with Gasteiger partial charge in [0.05, 0.1) is 27.9 Å². The molecule has 1 fully saturated rings. The molecular formula is C20H14Cl3N3O6. The summed E-state index contributed by atoms with van der Waals surface area (Å²) in [6.07, 6.45) is 1.22. The summed E-state index contributed by atoms with van der Waals surface area (Å²) in [5.74, 6) is -2.32. The lowest BCUT2D eigenvalue weighted by Gasteiger charge is -2.26. The van der Waals surface area contributed by atoms with Crippen molar-refractivity contribution in [1.82, 2.24) is 5.32 Å². The maximum absolute atomic E-state index is 13.0. The molecule has 2 aromatic rings. The first-order chi connectivity index (χ1) is 15.1. The number of hydrogen-bond donors (Lipinski definition) is 2. The van der Waals surface area contributed by atoms with Gasteiger partial charge in [0.25, 0.3) is 17.7 Å². The number of halogens is 3. The van der Waals surface area contributed by atoms with E-state index in [0.29, 0.717) is 5.56 Å². The number of benzene rings is 2. The maximum Gasteiger partial charge on any atom is 0.335 e. The molecule has 32 heavy (non-hydrogen) atoms. The summed E-state index contributed by atoms with van der Waals surface area (Å²) in [6, 6.07) is 6.00. The highest BCUT2D eigenvalue weighted by Crippen LogP contribution is 2.37. The van der Waals surface area contributed by atoms with E-state index in [2.05, 4.69) is 5.32 Å². The van der Waals surface area contributed by atoms with E-state index in [1.807, 2.05) is 0 Å². The first-order valence-corrected chi connectivity index (χ1v) is 9.91. The number of nitrogens with two attached hydrogens (primary N) is 1. The zero-order valence-corrected chi connectivity index (χ0v) is 18.5. The molecule has 2 aromatic carbocycles. The van der Waals surface area contributed by atoms with Gasteiger partial charge in [0.1, 0.15) is 5.57 Å². The predicted molar refractivity (Wildman–Crippen MR) is 118 cm³/mol. The Labute approximate surface area is 196 Å². The first kappa shape index (κ1) is 23.4. The Morgan fingerprint density at radius 1 is 1.09 bits per heavy atom. The van der Waals surface area contributed by atoms with E-state index >= 15 is 0 Å². The van der Waals surface area contributed by atoms with Crippen LogP contribution in [0.15, 0.2) is 35.9 Å². The van der Waals surface area contributed by atoms with E-state index in [1.165, 1.54) is 43.5 Å². The summed E-state index contributed by atoms with van der Waals surface area (Å²) in [5.41, 5.74) is 5.13. The minimum Gasteiger partial charge on any atom is -0.493 e. The van der Waals surface area contributed by atoms with Crippen molar-refractivity contribution in [3.05, 3.63) is 56.5 Å². The van der Waals surface area contributed by atoms with Crippen molar-refractivity contribution in [2.45, 2.75) is 0 Å². The van der Waals surface area contributed by atoms with Gasteiger partial charge in [0.15, 0.2) is 18.1 Å². The predicted octanol–water partition coefficient (Wildman–Crippen LogP) is 3.19. The van der Waals surface area contributed by atoms with Crippen LogP contribution in [0.5, 0.6) is 11.5 Å². The van der Waals surface area contributed by atoms with Crippen LogP contribution in [-0.4, -0.2) is 37.5 Å². The second-order valence-electron chi connectivity index (χ2n) is 6.35. The zero-order chi connectivity index (χ0) is 23.6. The van der Waals surface area contributed by atoms with E-state index in [0.717, 1.165) is 4.90 Å². The van der Waals surface area contributed by atoms with E-state index in [-0.39, 0.29) is 37.8 Å². The molecule has 9 nitrogen and oxygen atoms in total. The van der Waals surface area contributed by atoms with Gasteiger partial charge in [0, 0.05) is 0 Å². The van der Waals surface area contributed by atoms with Crippen LogP contribution in [-0.2, 0) is 14.4 Å². The minimum absolute atomic E-state index is 0.0403. The number of primary amides is 1. The van der Waals surface area contributed by atoms with Crippen LogP contribution in [0.3, 0.4) is 0 Å². The van der Waals surface area contributed by atoms with Gasteiger partial charge in [-0.3, -0.25) is 19.7 Å². The van der Waals surface area contributed by atoms with Crippen LogP contribution in [0.2, 0.25) is 15.1 Å². The number of methoxy groups -OCH3 is 1. The highest BCUT2D eigenvalue weighted by Gasteiger charge is 2.37. The SMILES string of the molecule is COc1cc(/C=C2\C(=O)NC(=O)N(c3ccc(Cl)c(Cl)c3)C2=O)cc(Cl)c1OCC(N)=O. The number of barbiturate groups is 1. The number of amides is 5. The van der Waals surface area contributed by atoms with E-state index in [4.69, 9.17) is 50.0 Å². The Morgan fingerprint density at radius 3 is 2.44 bits per heavy atom. The van der Waals surface area contributed by atoms with Gasteiger partial charge in [-0.05, 0) is 42.0 Å². The summed E-state index contributed by atoms with van der Waals surface area (Å²) in [6.45, 7) is -0.432. The molecule has 0 radical (unpaired) electrons. The largest absolute Gasteiger partial charge is 0.493 e. The normalized spacial score (nSPS) is 15.1. The van der Waals surface area contributed by atoms with E-state index in [9.17, 15) is 19.2 Å². The monoisotopic (exact) mass is 497 g/mol. The van der Waals surface area contributed by atoms with Crippen molar-refractivity contribution in [3.8, 4) is 11.5 Å². The second-order valence-corrected chi connectivity index (χ2v) is 7.57. The second kappa shape index (κ2) is 9.47. The lowest BCUT2D eigenvalue weighted by atomic mass is 10.1. The summed E-state index contributed by atoms with van der Waals surface area (Å²) in [7, 11) is 1.34. The van der Waals surface area contributed by atoms with Crippen LogP contribution >= 0.6 is 34.8 Å². The summed E-state index contributed by atoms with van der Waals surface area (Å²) in [5, 5.41) is 2.48. The third-order valence-corrected chi connectivity index (χ3v) is 5.20. The van der Waals surface area contributed by atoms with Gasteiger partial charge in [-0.25, -0.2) is 9.69 Å². The Balaban J connectivity index is 2.01. The van der Waals surface area contributed by atoms with Crippen LogP contribution in [0.25, 0.3) is 6.08 Å². The van der Waals surface area contributed by atoms with Crippen molar-refractivity contribution < 1.29 is 28.7 Å². The molecule has 166 valence electrons. The van der Waals surface area contributed by atoms with Crippen molar-refractivity contribution >= 4 is 70.3 Å². The molecule has 5 amide bonds. The van der Waals surface area contributed by atoms with Gasteiger partial charge in [0.2, 0.25) is 0 Å². The third-order valence-electron chi connectivity index (χ3n) is 4.18. The Kier molecular flexibility index (Phi) is 6.93. The molecule has 1 saturated heterocycles. The van der Waals surface area contributed by atoms with Gasteiger partial charge in [-0.1, -0.05) is 34.8 Å². The molecule has 1 aliphatic heterocycles. The highest BCUT2D eigenvalue weighted by atomic mass is 35.5. The number of carbonyl (C=O) groups excluding carboxylic acids is 4. The number of nitrogens with one attached hydrogen (secondary N) is 1. The molecule has 0 saturated carbocycles. The van der Waals surface area contributed by atoms with Crippen molar-refractivity contribution in [2.75, 3.05) is 18.6 Å². The van der Waals surface area contributed by atoms with Gasteiger partial charge >= 0.3 is 6.03 Å². The summed E-state index contributed by atoms with van der Waals surface area (Å²) >= 11 is 18.1. The van der Waals surface area contributed by atoms with Gasteiger partial charge in [-0.15, -0.1) is 0 Å². The third kappa shape index (κ3) is 4.80. The number of carbonyl (C=O) groups is 4. The average Bonchev–Trinajstić information content (AvgIpc) is 2.72. The highest BCUT2D eigenvalue weighted by molar-refractivity contribution is 6.43. The first-order valence-electron chi connectivity index (χ1n) is 8.77. The number of rotatable bonds is 6. The number of urea groups is 1. The smallest absolute Gasteiger partial charge is 0.335 e. The average molecular weight is 499 g/mol. The quantitative estimate of drug-likeness (QED) is 0.465. The molecule has 0 aromatic heterocycles. The maximum atomic E-state index is 13.0. The number of imide groups is 2. The van der Waals surface area contributed by atoms with Crippen LogP contribution in [0.1, 0.15) is 5.56 Å². The fourth-order valence-corrected chi connectivity index (χ4v) is 3.36. The number of nitrogens with zero attached hydrogens (tertiary/aromatic N) is 1. The molecule has 1 heterocycles. The number of anilines is 1. The van der Waals surface area contributed by atoms with Crippen molar-refractivity contribution in [3.63, 3.8) is 0 Å².